The molecule has 3 aliphatic rings. The van der Waals surface area contributed by atoms with Crippen molar-refractivity contribution in [1.29, 1.82) is 0 Å². The second kappa shape index (κ2) is 4.01. The Morgan fingerprint density at radius 2 is 2.17 bits per heavy atom. The zero-order chi connectivity index (χ0) is 12.7. The number of allylic oxidation sites excluding steroid dienone is 1. The van der Waals surface area contributed by atoms with Crippen LogP contribution in [0.1, 0.15) is 13.3 Å². The summed E-state index contributed by atoms with van der Waals surface area (Å²) in [6.07, 6.45) is 6.64. The number of ether oxygens (including phenoxy) is 3. The van der Waals surface area contributed by atoms with E-state index in [1.807, 2.05) is 12.2 Å². The zero-order valence-electron chi connectivity index (χ0n) is 9.79. The van der Waals surface area contributed by atoms with Gasteiger partial charge in [0, 0.05) is 17.6 Å². The first kappa shape index (κ1) is 11.1. The minimum absolute atomic E-state index is 0.0275. The lowest BCUT2D eigenvalue weighted by molar-refractivity contribution is -0.152. The van der Waals surface area contributed by atoms with Crippen LogP contribution in [0, 0.1) is 5.92 Å². The second-order valence-electron chi connectivity index (χ2n) is 4.47. The van der Waals surface area contributed by atoms with Gasteiger partial charge in [-0.1, -0.05) is 6.08 Å². The predicted molar refractivity (Wildman–Crippen MR) is 59.9 cm³/mol. The Morgan fingerprint density at radius 3 is 2.89 bits per heavy atom. The molecule has 18 heavy (non-hydrogen) atoms. The van der Waals surface area contributed by atoms with Gasteiger partial charge in [0.1, 0.15) is 6.10 Å². The van der Waals surface area contributed by atoms with Crippen LogP contribution in [0.3, 0.4) is 0 Å². The van der Waals surface area contributed by atoms with E-state index in [-0.39, 0.29) is 18.0 Å². The Morgan fingerprint density at radius 1 is 1.33 bits per heavy atom. The Bertz CT molecular complexity index is 500. The maximum atomic E-state index is 11.6. The lowest BCUT2D eigenvalue weighted by Crippen LogP contribution is -2.12. The van der Waals surface area contributed by atoms with Gasteiger partial charge in [-0.25, -0.2) is 9.59 Å². The molecule has 0 aromatic heterocycles. The molecule has 3 rings (SSSR count). The summed E-state index contributed by atoms with van der Waals surface area (Å²) in [4.78, 5) is 22.7. The van der Waals surface area contributed by atoms with Crippen molar-refractivity contribution >= 4 is 11.9 Å². The molecule has 2 heterocycles. The van der Waals surface area contributed by atoms with Gasteiger partial charge in [-0.2, -0.15) is 0 Å². The standard InChI is InChI=1S/C13H12O5/c1-7-5-11(18-12(7)14)16-6-9-8-3-2-4-10(8)17-13(9)15/h2,4-6,8,10-11H,3H2,1H3/t8-,10-,11-/m0/s1. The number of rotatable bonds is 2. The van der Waals surface area contributed by atoms with Crippen molar-refractivity contribution in [3.05, 3.63) is 35.6 Å². The van der Waals surface area contributed by atoms with E-state index in [0.29, 0.717) is 11.1 Å². The highest BCUT2D eigenvalue weighted by Crippen LogP contribution is 2.36. The van der Waals surface area contributed by atoms with Crippen LogP contribution in [0.2, 0.25) is 0 Å². The first-order chi connectivity index (χ1) is 8.65. The number of carbonyl (C=O) groups excluding carboxylic acids is 2. The molecule has 1 aliphatic carbocycles. The number of hydrogen-bond acceptors (Lipinski definition) is 5. The third kappa shape index (κ3) is 1.72. The lowest BCUT2D eigenvalue weighted by atomic mass is 9.99. The molecule has 0 aromatic carbocycles. The summed E-state index contributed by atoms with van der Waals surface area (Å²) in [7, 11) is 0. The fourth-order valence-corrected chi connectivity index (χ4v) is 2.24. The molecular formula is C13H12O5. The maximum Gasteiger partial charge on any atom is 0.338 e. The molecule has 1 fully saturated rings. The van der Waals surface area contributed by atoms with Crippen molar-refractivity contribution in [2.75, 3.05) is 0 Å². The van der Waals surface area contributed by atoms with Gasteiger partial charge < -0.3 is 14.2 Å². The van der Waals surface area contributed by atoms with Gasteiger partial charge in [-0.3, -0.25) is 0 Å². The van der Waals surface area contributed by atoms with E-state index in [1.165, 1.54) is 6.26 Å². The van der Waals surface area contributed by atoms with Crippen LogP contribution in [0.25, 0.3) is 0 Å². The van der Waals surface area contributed by atoms with Crippen molar-refractivity contribution in [3.63, 3.8) is 0 Å². The molecule has 5 nitrogen and oxygen atoms in total. The van der Waals surface area contributed by atoms with E-state index >= 15 is 0 Å². The van der Waals surface area contributed by atoms with Crippen LogP contribution >= 0.6 is 0 Å². The van der Waals surface area contributed by atoms with Crippen molar-refractivity contribution in [3.8, 4) is 0 Å². The Kier molecular flexibility index (Phi) is 2.47. The summed E-state index contributed by atoms with van der Waals surface area (Å²) in [5, 5.41) is 0. The monoisotopic (exact) mass is 248 g/mol. The van der Waals surface area contributed by atoms with Gasteiger partial charge in [0.25, 0.3) is 6.29 Å². The van der Waals surface area contributed by atoms with E-state index in [4.69, 9.17) is 14.2 Å². The molecule has 94 valence electrons. The largest absolute Gasteiger partial charge is 0.458 e. The number of hydrogen-bond donors (Lipinski definition) is 0. The molecule has 0 amide bonds. The summed E-state index contributed by atoms with van der Waals surface area (Å²) in [5.74, 6) is -0.730. The molecule has 0 aromatic rings. The van der Waals surface area contributed by atoms with Crippen LogP contribution in [-0.4, -0.2) is 24.3 Å². The molecule has 0 bridgehead atoms. The zero-order valence-corrected chi connectivity index (χ0v) is 9.79. The molecule has 1 saturated heterocycles. The lowest BCUT2D eigenvalue weighted by Gasteiger charge is -2.09. The van der Waals surface area contributed by atoms with Gasteiger partial charge in [0.05, 0.1) is 11.8 Å². The highest BCUT2D eigenvalue weighted by atomic mass is 16.7. The third-order valence-electron chi connectivity index (χ3n) is 3.25. The predicted octanol–water partition coefficient (Wildman–Crippen LogP) is 1.22. The average molecular weight is 248 g/mol. The first-order valence-electron chi connectivity index (χ1n) is 5.78. The number of fused-ring (bicyclic) bond motifs is 1. The Balaban J connectivity index is 1.70. The van der Waals surface area contributed by atoms with Gasteiger partial charge >= 0.3 is 11.9 Å². The summed E-state index contributed by atoms with van der Waals surface area (Å²) in [6, 6.07) is 0. The highest BCUT2D eigenvalue weighted by molar-refractivity contribution is 5.92. The molecule has 3 atom stereocenters. The molecule has 0 radical (unpaired) electrons. The Labute approximate surface area is 104 Å². The molecule has 2 aliphatic heterocycles. The smallest absolute Gasteiger partial charge is 0.338 e. The van der Waals surface area contributed by atoms with Crippen LogP contribution in [0.15, 0.2) is 35.6 Å². The minimum atomic E-state index is -0.744. The van der Waals surface area contributed by atoms with Gasteiger partial charge in [-0.15, -0.1) is 0 Å². The molecular weight excluding hydrogens is 236 g/mol. The Hall–Kier alpha value is -2.04. The quantitative estimate of drug-likeness (QED) is 0.318. The third-order valence-corrected chi connectivity index (χ3v) is 3.25. The van der Waals surface area contributed by atoms with Crippen molar-refractivity contribution in [2.45, 2.75) is 25.7 Å². The maximum absolute atomic E-state index is 11.6. The summed E-state index contributed by atoms with van der Waals surface area (Å²) < 4.78 is 15.4. The second-order valence-corrected chi connectivity index (χ2v) is 4.47. The SMILES string of the molecule is CC1=C[C@@H](OC=C2C(=O)O[C@H]3C=CC[C@@H]23)OC1=O. The average Bonchev–Trinajstić information content (AvgIpc) is 2.94. The fraction of sp³-hybridized carbons (Fsp3) is 0.385. The molecule has 0 N–H and O–H groups in total. The molecule has 0 spiro atoms. The fourth-order valence-electron chi connectivity index (χ4n) is 2.24. The number of carbonyl (C=O) groups is 2. The summed E-state index contributed by atoms with van der Waals surface area (Å²) in [6.45, 7) is 1.65. The summed E-state index contributed by atoms with van der Waals surface area (Å²) >= 11 is 0. The van der Waals surface area contributed by atoms with Crippen LogP contribution in [0.4, 0.5) is 0 Å². The van der Waals surface area contributed by atoms with Gasteiger partial charge in [0.15, 0.2) is 0 Å². The van der Waals surface area contributed by atoms with Crippen molar-refractivity contribution in [1.82, 2.24) is 0 Å². The van der Waals surface area contributed by atoms with Gasteiger partial charge in [-0.05, 0) is 19.4 Å². The van der Waals surface area contributed by atoms with Crippen molar-refractivity contribution < 1.29 is 23.8 Å². The minimum Gasteiger partial charge on any atom is -0.458 e. The van der Waals surface area contributed by atoms with Gasteiger partial charge in [0.2, 0.25) is 0 Å². The van der Waals surface area contributed by atoms with E-state index in [0.717, 1.165) is 6.42 Å². The van der Waals surface area contributed by atoms with Crippen LogP contribution in [-0.2, 0) is 23.8 Å². The number of cyclic esters (lactones) is 1. The van der Waals surface area contributed by atoms with E-state index in [2.05, 4.69) is 0 Å². The molecule has 0 saturated carbocycles. The summed E-state index contributed by atoms with van der Waals surface area (Å²) in [5.41, 5.74) is 1.01. The van der Waals surface area contributed by atoms with Crippen LogP contribution < -0.4 is 0 Å². The molecule has 0 unspecified atom stereocenters. The first-order valence-corrected chi connectivity index (χ1v) is 5.78. The van der Waals surface area contributed by atoms with E-state index < -0.39 is 12.3 Å². The topological polar surface area (TPSA) is 61.8 Å². The van der Waals surface area contributed by atoms with Crippen molar-refractivity contribution in [2.24, 2.45) is 5.92 Å². The highest BCUT2D eigenvalue weighted by Gasteiger charge is 2.40. The molecule has 5 heteroatoms. The van der Waals surface area contributed by atoms with E-state index in [1.54, 1.807) is 13.0 Å². The number of esters is 2. The normalized spacial score (nSPS) is 35.5. The van der Waals surface area contributed by atoms with Crippen LogP contribution in [0.5, 0.6) is 0 Å². The van der Waals surface area contributed by atoms with E-state index in [9.17, 15) is 9.59 Å².